The minimum Gasteiger partial charge on any atom is -0.383 e. The molecule has 2 aromatic heterocycles. The van der Waals surface area contributed by atoms with E-state index in [9.17, 15) is 4.39 Å². The fourth-order valence-electron chi connectivity index (χ4n) is 2.30. The van der Waals surface area contributed by atoms with Crippen molar-refractivity contribution in [1.29, 1.82) is 0 Å². The van der Waals surface area contributed by atoms with Crippen LogP contribution in [0.2, 0.25) is 0 Å². The highest BCUT2D eigenvalue weighted by atomic mass is 19.1. The first-order chi connectivity index (χ1) is 11.1. The molecule has 6 heteroatoms. The lowest BCUT2D eigenvalue weighted by Gasteiger charge is -2.10. The lowest BCUT2D eigenvalue weighted by molar-refractivity contribution is 0.617. The quantitative estimate of drug-likeness (QED) is 0.909. The summed E-state index contributed by atoms with van der Waals surface area (Å²) in [6, 6.07) is 5.42. The van der Waals surface area contributed by atoms with Gasteiger partial charge < -0.3 is 11.5 Å². The van der Waals surface area contributed by atoms with Crippen LogP contribution >= 0.6 is 0 Å². The van der Waals surface area contributed by atoms with Crippen molar-refractivity contribution in [1.82, 2.24) is 15.0 Å². The van der Waals surface area contributed by atoms with Crippen LogP contribution < -0.4 is 11.5 Å². The fraction of sp³-hybridized carbons (Fsp3) is 0.118. The Morgan fingerprint density at radius 1 is 1.13 bits per heavy atom. The highest BCUT2D eigenvalue weighted by Gasteiger charge is 2.13. The van der Waals surface area contributed by atoms with E-state index in [4.69, 9.17) is 11.5 Å². The maximum atomic E-state index is 13.6. The molecule has 23 heavy (non-hydrogen) atoms. The lowest BCUT2D eigenvalue weighted by atomic mass is 10.1. The Morgan fingerprint density at radius 2 is 1.91 bits per heavy atom. The Balaban J connectivity index is 1.94. The molecule has 2 aromatic rings. The van der Waals surface area contributed by atoms with Crippen LogP contribution in [0.15, 0.2) is 60.1 Å². The van der Waals surface area contributed by atoms with Crippen LogP contribution in [0.25, 0.3) is 11.5 Å². The van der Waals surface area contributed by atoms with Crippen LogP contribution in [0, 0.1) is 0 Å². The van der Waals surface area contributed by atoms with Crippen molar-refractivity contribution in [3.63, 3.8) is 0 Å². The summed E-state index contributed by atoms with van der Waals surface area (Å²) in [5.41, 5.74) is 14.0. The van der Waals surface area contributed by atoms with Crippen LogP contribution in [-0.4, -0.2) is 15.0 Å². The molecule has 3 rings (SSSR count). The summed E-state index contributed by atoms with van der Waals surface area (Å²) in [4.78, 5) is 12.7. The Kier molecular flexibility index (Phi) is 4.14. The Bertz CT molecular complexity index is 786. The zero-order valence-electron chi connectivity index (χ0n) is 12.4. The molecule has 2 heterocycles. The molecule has 0 amide bonds. The summed E-state index contributed by atoms with van der Waals surface area (Å²) < 4.78 is 13.6. The Hall–Kier alpha value is -3.02. The molecule has 0 saturated heterocycles. The molecule has 0 fully saturated rings. The molecule has 1 aliphatic carbocycles. The number of nitrogens with two attached hydrogens (primary N) is 2. The number of aromatic nitrogens is 3. The molecule has 0 bridgehead atoms. The van der Waals surface area contributed by atoms with Crippen molar-refractivity contribution in [3.05, 3.63) is 65.7 Å². The second-order valence-electron chi connectivity index (χ2n) is 5.15. The third-order valence-corrected chi connectivity index (χ3v) is 3.45. The monoisotopic (exact) mass is 309 g/mol. The minimum absolute atomic E-state index is 0.201. The van der Waals surface area contributed by atoms with Crippen LogP contribution in [0.1, 0.15) is 12.0 Å². The van der Waals surface area contributed by atoms with Crippen LogP contribution in [0.3, 0.4) is 0 Å². The van der Waals surface area contributed by atoms with Gasteiger partial charge in [-0.25, -0.2) is 14.4 Å². The molecular formula is C17H16FN5. The number of halogens is 1. The van der Waals surface area contributed by atoms with E-state index in [2.05, 4.69) is 15.0 Å². The zero-order chi connectivity index (χ0) is 16.2. The third-order valence-electron chi connectivity index (χ3n) is 3.45. The number of allylic oxidation sites excluding steroid dienone is 6. The molecule has 4 N–H and O–H groups in total. The summed E-state index contributed by atoms with van der Waals surface area (Å²) in [6.07, 6.45) is 9.21. The van der Waals surface area contributed by atoms with E-state index < -0.39 is 0 Å². The van der Waals surface area contributed by atoms with Gasteiger partial charge in [0.2, 0.25) is 0 Å². The second-order valence-corrected chi connectivity index (χ2v) is 5.15. The average molecular weight is 309 g/mol. The Labute approximate surface area is 133 Å². The van der Waals surface area contributed by atoms with Crippen molar-refractivity contribution < 1.29 is 4.39 Å². The number of hydrogen-bond donors (Lipinski definition) is 2. The van der Waals surface area contributed by atoms with Gasteiger partial charge >= 0.3 is 0 Å². The molecule has 0 atom stereocenters. The van der Waals surface area contributed by atoms with Crippen molar-refractivity contribution in [2.75, 3.05) is 11.5 Å². The van der Waals surface area contributed by atoms with Crippen molar-refractivity contribution in [3.8, 4) is 11.5 Å². The molecule has 5 nitrogen and oxygen atoms in total. The molecule has 0 radical (unpaired) electrons. The smallest absolute Gasteiger partial charge is 0.182 e. The molecular weight excluding hydrogens is 293 g/mol. The van der Waals surface area contributed by atoms with E-state index in [0.717, 1.165) is 5.57 Å². The van der Waals surface area contributed by atoms with Crippen molar-refractivity contribution >= 4 is 11.6 Å². The maximum Gasteiger partial charge on any atom is 0.182 e. The van der Waals surface area contributed by atoms with E-state index in [1.807, 2.05) is 18.2 Å². The average Bonchev–Trinajstić information content (AvgIpc) is 2.75. The molecule has 0 saturated carbocycles. The number of pyridine rings is 1. The van der Waals surface area contributed by atoms with Crippen LogP contribution in [0.5, 0.6) is 0 Å². The number of nitrogens with zero attached hydrogens (tertiary/aromatic N) is 3. The van der Waals surface area contributed by atoms with Crippen molar-refractivity contribution in [2.24, 2.45) is 0 Å². The van der Waals surface area contributed by atoms with Gasteiger partial charge in [0.15, 0.2) is 5.82 Å². The van der Waals surface area contributed by atoms with E-state index in [-0.39, 0.29) is 17.5 Å². The zero-order valence-corrected chi connectivity index (χ0v) is 12.4. The van der Waals surface area contributed by atoms with Crippen LogP contribution in [-0.2, 0) is 6.42 Å². The SMILES string of the molecule is Nc1nc(-c2ccccn2)nc(N)c1CC1=CC=CCC(F)=C1. The van der Waals surface area contributed by atoms with Gasteiger partial charge in [0.1, 0.15) is 23.2 Å². The first kappa shape index (κ1) is 14.9. The van der Waals surface area contributed by atoms with E-state index in [0.29, 0.717) is 29.9 Å². The van der Waals surface area contributed by atoms with Gasteiger partial charge in [0, 0.05) is 24.6 Å². The normalized spacial score (nSPS) is 14.1. The maximum absolute atomic E-state index is 13.6. The first-order valence-electron chi connectivity index (χ1n) is 7.18. The number of hydrogen-bond acceptors (Lipinski definition) is 5. The van der Waals surface area contributed by atoms with Gasteiger partial charge in [-0.1, -0.05) is 24.3 Å². The number of anilines is 2. The summed E-state index contributed by atoms with van der Waals surface area (Å²) in [5, 5.41) is 0. The minimum atomic E-state index is -0.201. The highest BCUT2D eigenvalue weighted by molar-refractivity contribution is 5.62. The molecule has 0 unspecified atom stereocenters. The highest BCUT2D eigenvalue weighted by Crippen LogP contribution is 2.25. The molecule has 0 aromatic carbocycles. The molecule has 0 spiro atoms. The topological polar surface area (TPSA) is 90.7 Å². The molecule has 0 aliphatic heterocycles. The van der Waals surface area contributed by atoms with E-state index in [1.165, 1.54) is 6.08 Å². The summed E-state index contributed by atoms with van der Waals surface area (Å²) >= 11 is 0. The van der Waals surface area contributed by atoms with Crippen molar-refractivity contribution in [2.45, 2.75) is 12.8 Å². The molecule has 116 valence electrons. The number of nitrogen functional groups attached to an aromatic ring is 2. The molecule has 1 aliphatic rings. The predicted octanol–water partition coefficient (Wildman–Crippen LogP) is 2.99. The predicted molar refractivity (Wildman–Crippen MR) is 88.8 cm³/mol. The lowest BCUT2D eigenvalue weighted by Crippen LogP contribution is -2.08. The summed E-state index contributed by atoms with van der Waals surface area (Å²) in [7, 11) is 0. The van der Waals surface area contributed by atoms with Gasteiger partial charge in [-0.15, -0.1) is 0 Å². The van der Waals surface area contributed by atoms with Crippen LogP contribution in [0.4, 0.5) is 16.0 Å². The van der Waals surface area contributed by atoms with E-state index in [1.54, 1.807) is 24.4 Å². The fourth-order valence-corrected chi connectivity index (χ4v) is 2.30. The summed E-state index contributed by atoms with van der Waals surface area (Å²) in [6.45, 7) is 0. The van der Waals surface area contributed by atoms with Gasteiger partial charge in [-0.2, -0.15) is 0 Å². The van der Waals surface area contributed by atoms with Gasteiger partial charge in [0.25, 0.3) is 0 Å². The Morgan fingerprint density at radius 3 is 2.61 bits per heavy atom. The second kappa shape index (κ2) is 6.39. The number of rotatable bonds is 3. The van der Waals surface area contributed by atoms with Gasteiger partial charge in [-0.05, 0) is 23.8 Å². The first-order valence-corrected chi connectivity index (χ1v) is 7.18. The van der Waals surface area contributed by atoms with E-state index >= 15 is 0 Å². The summed E-state index contributed by atoms with van der Waals surface area (Å²) in [5.74, 6) is 0.733. The third kappa shape index (κ3) is 3.42. The van der Waals surface area contributed by atoms with Gasteiger partial charge in [0.05, 0.1) is 0 Å². The largest absolute Gasteiger partial charge is 0.383 e. The van der Waals surface area contributed by atoms with Gasteiger partial charge in [-0.3, -0.25) is 4.98 Å². The standard InChI is InChI=1S/C17H16FN5/c18-12-6-2-1-5-11(9-12)10-13-15(19)22-17(23-16(13)20)14-7-3-4-8-21-14/h1-5,7-9H,6,10H2,(H4,19,20,22,23).